The van der Waals surface area contributed by atoms with E-state index < -0.39 is 0 Å². The van der Waals surface area contributed by atoms with E-state index in [1.807, 2.05) is 33.8 Å². The molecule has 1 saturated carbocycles. The van der Waals surface area contributed by atoms with Crippen LogP contribution in [0.15, 0.2) is 17.8 Å². The van der Waals surface area contributed by atoms with Crippen molar-refractivity contribution in [1.82, 2.24) is 29.5 Å². The summed E-state index contributed by atoms with van der Waals surface area (Å²) in [6.07, 6.45) is 5.83. The molecule has 0 bridgehead atoms. The third-order valence-corrected chi connectivity index (χ3v) is 5.26. The molecule has 0 unspecified atom stereocenters. The molecule has 0 aromatic carbocycles. The van der Waals surface area contributed by atoms with Crippen molar-refractivity contribution in [3.05, 3.63) is 35.1 Å². The van der Waals surface area contributed by atoms with Crippen molar-refractivity contribution in [2.24, 2.45) is 7.05 Å². The minimum Gasteiger partial charge on any atom is -0.388 e. The lowest BCUT2D eigenvalue weighted by Crippen LogP contribution is -2.44. The van der Waals surface area contributed by atoms with Crippen LogP contribution in [0.25, 0.3) is 4.96 Å². The number of amides is 1. The molecule has 24 heavy (non-hydrogen) atoms. The van der Waals surface area contributed by atoms with Crippen LogP contribution in [0.1, 0.15) is 36.1 Å². The Morgan fingerprint density at radius 1 is 1.46 bits per heavy atom. The van der Waals surface area contributed by atoms with E-state index in [-0.39, 0.29) is 24.5 Å². The SMILES string of the molecule is Cn1c(CO)nnc1C1CC(NC(=O)Cc2cn3ccsc3n2)C1. The molecule has 8 nitrogen and oxygen atoms in total. The predicted molar refractivity (Wildman–Crippen MR) is 87.6 cm³/mol. The fourth-order valence-electron chi connectivity index (χ4n) is 3.12. The maximum atomic E-state index is 12.2. The van der Waals surface area contributed by atoms with Crippen LogP contribution in [0.3, 0.4) is 0 Å². The molecule has 1 aliphatic rings. The van der Waals surface area contributed by atoms with Crippen molar-refractivity contribution >= 4 is 22.2 Å². The summed E-state index contributed by atoms with van der Waals surface area (Å²) in [4.78, 5) is 17.5. The van der Waals surface area contributed by atoms with E-state index in [0.717, 1.165) is 29.3 Å². The lowest BCUT2D eigenvalue weighted by atomic mass is 9.79. The molecule has 3 aromatic heterocycles. The zero-order chi connectivity index (χ0) is 16.7. The van der Waals surface area contributed by atoms with E-state index in [4.69, 9.17) is 5.11 Å². The molecule has 126 valence electrons. The van der Waals surface area contributed by atoms with Gasteiger partial charge in [0.15, 0.2) is 10.8 Å². The first-order chi connectivity index (χ1) is 11.6. The van der Waals surface area contributed by atoms with E-state index in [1.54, 1.807) is 11.3 Å². The van der Waals surface area contributed by atoms with E-state index in [0.29, 0.717) is 12.2 Å². The number of rotatable bonds is 5. The van der Waals surface area contributed by atoms with Gasteiger partial charge in [0.25, 0.3) is 0 Å². The van der Waals surface area contributed by atoms with Crippen LogP contribution >= 0.6 is 11.3 Å². The zero-order valence-electron chi connectivity index (χ0n) is 13.2. The number of imidazole rings is 1. The highest BCUT2D eigenvalue weighted by Crippen LogP contribution is 2.35. The average Bonchev–Trinajstić information content (AvgIpc) is 3.17. The molecule has 2 N–H and O–H groups in total. The van der Waals surface area contributed by atoms with Crippen LogP contribution in [0, 0.1) is 0 Å². The fourth-order valence-corrected chi connectivity index (χ4v) is 3.84. The Kier molecular flexibility index (Phi) is 3.81. The molecular weight excluding hydrogens is 328 g/mol. The monoisotopic (exact) mass is 346 g/mol. The molecular formula is C15H18N6O2S. The van der Waals surface area contributed by atoms with Gasteiger partial charge in [0.2, 0.25) is 5.91 Å². The minimum absolute atomic E-state index is 0.00165. The van der Waals surface area contributed by atoms with Gasteiger partial charge in [-0.25, -0.2) is 4.98 Å². The summed E-state index contributed by atoms with van der Waals surface area (Å²) in [5.41, 5.74) is 0.788. The van der Waals surface area contributed by atoms with Gasteiger partial charge in [-0.1, -0.05) is 0 Å². The quantitative estimate of drug-likeness (QED) is 0.706. The number of nitrogens with zero attached hydrogens (tertiary/aromatic N) is 5. The lowest BCUT2D eigenvalue weighted by Gasteiger charge is -2.35. The van der Waals surface area contributed by atoms with Gasteiger partial charge in [-0.2, -0.15) is 0 Å². The number of thiazole rings is 1. The molecule has 3 aromatic rings. The third kappa shape index (κ3) is 2.69. The Morgan fingerprint density at radius 2 is 2.29 bits per heavy atom. The van der Waals surface area contributed by atoms with Gasteiger partial charge in [-0.15, -0.1) is 21.5 Å². The Morgan fingerprint density at radius 3 is 3.00 bits per heavy atom. The highest BCUT2D eigenvalue weighted by Gasteiger charge is 2.34. The number of hydrogen-bond acceptors (Lipinski definition) is 6. The second kappa shape index (κ2) is 5.99. The van der Waals surface area contributed by atoms with Crippen LogP contribution in [-0.2, 0) is 24.9 Å². The van der Waals surface area contributed by atoms with Crippen LogP contribution in [0.5, 0.6) is 0 Å². The van der Waals surface area contributed by atoms with Gasteiger partial charge in [-0.05, 0) is 12.8 Å². The summed E-state index contributed by atoms with van der Waals surface area (Å²) in [5.74, 6) is 1.72. The van der Waals surface area contributed by atoms with Crippen LogP contribution in [0.4, 0.5) is 0 Å². The van der Waals surface area contributed by atoms with E-state index in [9.17, 15) is 4.79 Å². The molecule has 0 radical (unpaired) electrons. The molecule has 1 fully saturated rings. The summed E-state index contributed by atoms with van der Waals surface area (Å²) in [5, 5.41) is 22.3. The summed E-state index contributed by atoms with van der Waals surface area (Å²) >= 11 is 1.56. The van der Waals surface area contributed by atoms with Crippen LogP contribution in [-0.4, -0.2) is 41.2 Å². The first kappa shape index (κ1) is 15.3. The molecule has 9 heteroatoms. The molecule has 0 aliphatic heterocycles. The summed E-state index contributed by atoms with van der Waals surface area (Å²) < 4.78 is 3.76. The minimum atomic E-state index is -0.113. The smallest absolute Gasteiger partial charge is 0.226 e. The predicted octanol–water partition coefficient (Wildman–Crippen LogP) is 0.621. The highest BCUT2D eigenvalue weighted by atomic mass is 32.1. The average molecular weight is 346 g/mol. The van der Waals surface area contributed by atoms with Crippen molar-refractivity contribution in [2.75, 3.05) is 0 Å². The largest absolute Gasteiger partial charge is 0.388 e. The molecule has 3 heterocycles. The lowest BCUT2D eigenvalue weighted by molar-refractivity contribution is -0.121. The number of aliphatic hydroxyl groups is 1. The van der Waals surface area contributed by atoms with Gasteiger partial charge >= 0.3 is 0 Å². The summed E-state index contributed by atoms with van der Waals surface area (Å²) in [7, 11) is 1.86. The van der Waals surface area contributed by atoms with Crippen molar-refractivity contribution in [1.29, 1.82) is 0 Å². The first-order valence-electron chi connectivity index (χ1n) is 7.83. The maximum absolute atomic E-state index is 12.2. The third-order valence-electron chi connectivity index (χ3n) is 4.49. The Labute approximate surface area is 142 Å². The standard InChI is InChI=1S/C15H18N6O2S/c1-20-12(8-22)18-19-14(20)9-4-10(5-9)16-13(23)6-11-7-21-2-3-24-15(21)17-11/h2-3,7,9-10,22H,4-6,8H2,1H3,(H,16,23). The summed E-state index contributed by atoms with van der Waals surface area (Å²) in [6, 6.07) is 0.167. The van der Waals surface area contributed by atoms with Gasteiger partial charge in [0, 0.05) is 36.8 Å². The molecule has 0 spiro atoms. The number of hydrogen-bond donors (Lipinski definition) is 2. The first-order valence-corrected chi connectivity index (χ1v) is 8.71. The van der Waals surface area contributed by atoms with Crippen molar-refractivity contribution in [3.8, 4) is 0 Å². The molecule has 1 amide bonds. The normalized spacial score (nSPS) is 20.2. The summed E-state index contributed by atoms with van der Waals surface area (Å²) in [6.45, 7) is -0.113. The van der Waals surface area contributed by atoms with Crippen LogP contribution in [0.2, 0.25) is 0 Å². The second-order valence-corrected chi connectivity index (χ2v) is 7.00. The number of nitrogens with one attached hydrogen (secondary N) is 1. The number of carbonyl (C=O) groups excluding carboxylic acids is 1. The van der Waals surface area contributed by atoms with Gasteiger partial charge in [0.1, 0.15) is 12.4 Å². The highest BCUT2D eigenvalue weighted by molar-refractivity contribution is 7.15. The van der Waals surface area contributed by atoms with Gasteiger partial charge < -0.3 is 15.0 Å². The number of fused-ring (bicyclic) bond motifs is 1. The molecule has 0 saturated heterocycles. The Hall–Kier alpha value is -2.26. The Bertz CT molecular complexity index is 847. The van der Waals surface area contributed by atoms with E-state index >= 15 is 0 Å². The molecule has 0 atom stereocenters. The maximum Gasteiger partial charge on any atom is 0.226 e. The van der Waals surface area contributed by atoms with E-state index in [1.165, 1.54) is 0 Å². The molecule has 1 aliphatic carbocycles. The fraction of sp³-hybridized carbons (Fsp3) is 0.467. The zero-order valence-corrected chi connectivity index (χ0v) is 14.0. The second-order valence-electron chi connectivity index (χ2n) is 6.13. The Balaban J connectivity index is 1.30. The van der Waals surface area contributed by atoms with Gasteiger partial charge in [-0.3, -0.25) is 9.20 Å². The van der Waals surface area contributed by atoms with Crippen molar-refractivity contribution < 1.29 is 9.90 Å². The molecule has 4 rings (SSSR count). The topological polar surface area (TPSA) is 97.3 Å². The van der Waals surface area contributed by atoms with Crippen molar-refractivity contribution in [3.63, 3.8) is 0 Å². The van der Waals surface area contributed by atoms with Gasteiger partial charge in [0.05, 0.1) is 12.1 Å². The number of aliphatic hydroxyl groups excluding tert-OH is 1. The number of carbonyl (C=O) groups is 1. The van der Waals surface area contributed by atoms with Crippen molar-refractivity contribution in [2.45, 2.75) is 37.8 Å². The van der Waals surface area contributed by atoms with Crippen LogP contribution < -0.4 is 5.32 Å². The number of aromatic nitrogens is 5. The van der Waals surface area contributed by atoms with E-state index in [2.05, 4.69) is 20.5 Å².